The molecule has 0 aromatic heterocycles. The molecule has 0 saturated heterocycles. The maximum Gasteiger partial charge on any atom is 0.0818 e. The average molecular weight is 305 g/mol. The van der Waals surface area contributed by atoms with Crippen molar-refractivity contribution in [2.24, 2.45) is 5.92 Å². The van der Waals surface area contributed by atoms with Gasteiger partial charge in [0.05, 0.1) is 6.10 Å². The van der Waals surface area contributed by atoms with Crippen molar-refractivity contribution in [2.45, 2.75) is 31.8 Å². The summed E-state index contributed by atoms with van der Waals surface area (Å²) in [5.41, 5.74) is 1.07. The van der Waals surface area contributed by atoms with Crippen LogP contribution < -0.4 is 0 Å². The lowest BCUT2D eigenvalue weighted by Crippen LogP contribution is -2.08. The molecule has 18 heavy (non-hydrogen) atoms. The van der Waals surface area contributed by atoms with Crippen molar-refractivity contribution in [3.8, 4) is 0 Å². The largest absolute Gasteiger partial charge is 0.388 e. The van der Waals surface area contributed by atoms with Crippen LogP contribution in [0.2, 0.25) is 0 Å². The molecule has 1 saturated carbocycles. The van der Waals surface area contributed by atoms with Crippen LogP contribution in [0, 0.1) is 5.92 Å². The van der Waals surface area contributed by atoms with E-state index in [-0.39, 0.29) is 6.10 Å². The second-order valence-corrected chi connectivity index (χ2v) is 6.16. The molecule has 2 heteroatoms. The van der Waals surface area contributed by atoms with Gasteiger partial charge >= 0.3 is 0 Å². The highest BCUT2D eigenvalue weighted by Gasteiger charge is 2.24. The van der Waals surface area contributed by atoms with Crippen LogP contribution in [0.25, 0.3) is 10.8 Å². The molecule has 2 aromatic carbocycles. The first kappa shape index (κ1) is 12.2. The Labute approximate surface area is 116 Å². The zero-order valence-corrected chi connectivity index (χ0v) is 11.9. The summed E-state index contributed by atoms with van der Waals surface area (Å²) in [5, 5.41) is 12.8. The molecular formula is C16H17BrO. The molecule has 1 nitrogen and oxygen atoms in total. The molecular weight excluding hydrogens is 288 g/mol. The number of aliphatic hydroxyl groups excluding tert-OH is 1. The monoisotopic (exact) mass is 304 g/mol. The Balaban J connectivity index is 1.94. The molecule has 0 amide bonds. The topological polar surface area (TPSA) is 20.2 Å². The van der Waals surface area contributed by atoms with Gasteiger partial charge in [-0.05, 0) is 53.3 Å². The van der Waals surface area contributed by atoms with Crippen molar-refractivity contribution in [3.63, 3.8) is 0 Å². The number of halogens is 1. The van der Waals surface area contributed by atoms with Crippen LogP contribution in [-0.4, -0.2) is 5.11 Å². The van der Waals surface area contributed by atoms with Crippen LogP contribution in [0.15, 0.2) is 40.9 Å². The molecule has 1 aliphatic rings. The summed E-state index contributed by atoms with van der Waals surface area (Å²) < 4.78 is 1.10. The van der Waals surface area contributed by atoms with Crippen LogP contribution in [0.4, 0.5) is 0 Å². The zero-order valence-electron chi connectivity index (χ0n) is 10.3. The zero-order chi connectivity index (χ0) is 12.5. The molecule has 94 valence electrons. The van der Waals surface area contributed by atoms with Crippen molar-refractivity contribution in [1.82, 2.24) is 0 Å². The summed E-state index contributed by atoms with van der Waals surface area (Å²) in [7, 11) is 0. The molecule has 0 spiro atoms. The van der Waals surface area contributed by atoms with E-state index in [1.807, 2.05) is 6.07 Å². The van der Waals surface area contributed by atoms with Crippen LogP contribution in [-0.2, 0) is 0 Å². The Morgan fingerprint density at radius 1 is 1.00 bits per heavy atom. The van der Waals surface area contributed by atoms with Crippen molar-refractivity contribution in [2.75, 3.05) is 0 Å². The van der Waals surface area contributed by atoms with Gasteiger partial charge in [-0.15, -0.1) is 0 Å². The Kier molecular flexibility index (Phi) is 3.40. The molecule has 0 heterocycles. The minimum Gasteiger partial charge on any atom is -0.388 e. The highest BCUT2D eigenvalue weighted by Crippen LogP contribution is 2.36. The molecule has 1 unspecified atom stereocenters. The Morgan fingerprint density at radius 2 is 1.67 bits per heavy atom. The van der Waals surface area contributed by atoms with Gasteiger partial charge in [0.25, 0.3) is 0 Å². The Morgan fingerprint density at radius 3 is 2.44 bits per heavy atom. The highest BCUT2D eigenvalue weighted by molar-refractivity contribution is 9.10. The van der Waals surface area contributed by atoms with Gasteiger partial charge in [0.2, 0.25) is 0 Å². The van der Waals surface area contributed by atoms with Crippen molar-refractivity contribution >= 4 is 26.7 Å². The quantitative estimate of drug-likeness (QED) is 0.843. The normalized spacial score (nSPS) is 18.3. The molecule has 0 radical (unpaired) electrons. The van der Waals surface area contributed by atoms with Gasteiger partial charge in [-0.25, -0.2) is 0 Å². The number of aliphatic hydroxyl groups is 1. The maximum atomic E-state index is 10.4. The van der Waals surface area contributed by atoms with Crippen molar-refractivity contribution in [3.05, 3.63) is 46.4 Å². The standard InChI is InChI=1S/C16H17BrO/c17-15-8-7-12-9-14(6-5-13(12)10-15)16(18)11-3-1-2-4-11/h5-11,16,18H,1-4H2. The van der Waals surface area contributed by atoms with Crippen molar-refractivity contribution < 1.29 is 5.11 Å². The average Bonchev–Trinajstić information content (AvgIpc) is 2.91. The van der Waals surface area contributed by atoms with E-state index in [2.05, 4.69) is 46.3 Å². The van der Waals surface area contributed by atoms with Crippen LogP contribution >= 0.6 is 15.9 Å². The van der Waals surface area contributed by atoms with E-state index in [9.17, 15) is 5.11 Å². The van der Waals surface area contributed by atoms with Gasteiger partial charge in [0.15, 0.2) is 0 Å². The maximum absolute atomic E-state index is 10.4. The lowest BCUT2D eigenvalue weighted by molar-refractivity contribution is 0.112. The summed E-state index contributed by atoms with van der Waals surface area (Å²) in [5.74, 6) is 0.456. The van der Waals surface area contributed by atoms with E-state index in [0.29, 0.717) is 5.92 Å². The van der Waals surface area contributed by atoms with Crippen LogP contribution in [0.5, 0.6) is 0 Å². The van der Waals surface area contributed by atoms with Gasteiger partial charge < -0.3 is 5.11 Å². The summed E-state index contributed by atoms with van der Waals surface area (Å²) >= 11 is 3.48. The van der Waals surface area contributed by atoms with Gasteiger partial charge in [-0.2, -0.15) is 0 Å². The first-order valence-corrected chi connectivity index (χ1v) is 7.40. The molecule has 0 bridgehead atoms. The molecule has 2 aromatic rings. The van der Waals surface area contributed by atoms with Crippen LogP contribution in [0.3, 0.4) is 0 Å². The third-order valence-corrected chi connectivity index (χ3v) is 4.51. The summed E-state index contributed by atoms with van der Waals surface area (Å²) in [6.45, 7) is 0. The van der Waals surface area contributed by atoms with E-state index in [0.717, 1.165) is 10.0 Å². The van der Waals surface area contributed by atoms with E-state index in [1.165, 1.54) is 36.5 Å². The van der Waals surface area contributed by atoms with E-state index in [4.69, 9.17) is 0 Å². The summed E-state index contributed by atoms with van der Waals surface area (Å²) in [6.07, 6.45) is 4.57. The van der Waals surface area contributed by atoms with Gasteiger partial charge in [-0.1, -0.05) is 47.0 Å². The third kappa shape index (κ3) is 2.32. The predicted molar refractivity (Wildman–Crippen MR) is 78.6 cm³/mol. The molecule has 3 rings (SSSR count). The molecule has 0 aliphatic heterocycles. The molecule has 1 aliphatic carbocycles. The fourth-order valence-electron chi connectivity index (χ4n) is 2.96. The molecule has 1 N–H and O–H groups in total. The lowest BCUT2D eigenvalue weighted by Gasteiger charge is -2.18. The van der Waals surface area contributed by atoms with E-state index < -0.39 is 0 Å². The Hall–Kier alpha value is -0.860. The van der Waals surface area contributed by atoms with Gasteiger partial charge in [-0.3, -0.25) is 0 Å². The molecule has 1 fully saturated rings. The first-order valence-electron chi connectivity index (χ1n) is 6.61. The van der Waals surface area contributed by atoms with Gasteiger partial charge in [0, 0.05) is 4.47 Å². The van der Waals surface area contributed by atoms with E-state index in [1.54, 1.807) is 0 Å². The number of benzene rings is 2. The van der Waals surface area contributed by atoms with Crippen LogP contribution in [0.1, 0.15) is 37.4 Å². The smallest absolute Gasteiger partial charge is 0.0818 e. The fourth-order valence-corrected chi connectivity index (χ4v) is 3.34. The number of hydrogen-bond donors (Lipinski definition) is 1. The Bertz CT molecular complexity index is 558. The van der Waals surface area contributed by atoms with E-state index >= 15 is 0 Å². The second kappa shape index (κ2) is 5.02. The second-order valence-electron chi connectivity index (χ2n) is 5.24. The lowest BCUT2D eigenvalue weighted by atomic mass is 9.93. The first-order chi connectivity index (χ1) is 8.74. The number of hydrogen-bond acceptors (Lipinski definition) is 1. The highest BCUT2D eigenvalue weighted by atomic mass is 79.9. The number of fused-ring (bicyclic) bond motifs is 1. The summed E-state index contributed by atoms with van der Waals surface area (Å²) in [6, 6.07) is 12.6. The minimum absolute atomic E-state index is 0.291. The van der Waals surface area contributed by atoms with Crippen molar-refractivity contribution in [1.29, 1.82) is 0 Å². The molecule has 1 atom stereocenters. The minimum atomic E-state index is -0.291. The predicted octanol–water partition coefficient (Wildman–Crippen LogP) is 4.83. The summed E-state index contributed by atoms with van der Waals surface area (Å²) in [4.78, 5) is 0. The fraction of sp³-hybridized carbons (Fsp3) is 0.375. The van der Waals surface area contributed by atoms with Gasteiger partial charge in [0.1, 0.15) is 0 Å². The number of rotatable bonds is 2. The third-order valence-electron chi connectivity index (χ3n) is 4.01. The SMILES string of the molecule is OC(c1ccc2cc(Br)ccc2c1)C1CCCC1.